The third-order valence-corrected chi connectivity index (χ3v) is 20.6. The summed E-state index contributed by atoms with van der Waals surface area (Å²) in [7, 11) is -5.73. The minimum Gasteiger partial charge on any atom is -0.465 e. The molecule has 1 unspecified atom stereocenters. The van der Waals surface area contributed by atoms with Gasteiger partial charge in [0.05, 0.1) is 25.8 Å². The molecule has 0 N–H and O–H groups in total. The number of unbranched alkanes of at least 4 members (excludes halogenated alkanes) is 1. The molecule has 0 aliphatic rings. The first-order chi connectivity index (χ1) is 16.2. The van der Waals surface area contributed by atoms with Gasteiger partial charge in [0.15, 0.2) is 8.32 Å². The van der Waals surface area contributed by atoms with E-state index in [9.17, 15) is 4.79 Å². The Labute approximate surface area is 235 Å². The molecule has 1 atom stereocenters. The highest BCUT2D eigenvalue weighted by Crippen LogP contribution is 2.39. The minimum absolute atomic E-state index is 0.0535. The Morgan fingerprint density at radius 2 is 1.24 bits per heavy atom. The summed E-state index contributed by atoms with van der Waals surface area (Å²) in [6.45, 7) is 39.1. The average molecular weight is 575 g/mol. The lowest BCUT2D eigenvalue weighted by molar-refractivity contribution is -0.154. The van der Waals surface area contributed by atoms with Crippen LogP contribution in [0, 0.1) is 16.7 Å². The first-order valence-corrected chi connectivity index (χ1v) is 24.0. The highest BCUT2D eigenvalue weighted by atomic mass is 28.4. The van der Waals surface area contributed by atoms with Crippen LogP contribution < -0.4 is 0 Å². The van der Waals surface area contributed by atoms with Crippen molar-refractivity contribution in [3.63, 3.8) is 0 Å². The quantitative estimate of drug-likeness (QED) is 0.111. The van der Waals surface area contributed by atoms with E-state index in [0.717, 1.165) is 18.9 Å². The number of ether oxygens (including phenoxy) is 1. The summed E-state index contributed by atoms with van der Waals surface area (Å²) >= 11 is 0. The van der Waals surface area contributed by atoms with Crippen LogP contribution in [0.4, 0.5) is 0 Å². The van der Waals surface area contributed by atoms with Crippen molar-refractivity contribution in [2.45, 2.75) is 164 Å². The molecule has 0 spiro atoms. The second-order valence-corrected chi connectivity index (χ2v) is 30.6. The molecule has 0 aromatic heterocycles. The fraction of sp³-hybridized carbons (Fsp3) is 0.967. The summed E-state index contributed by atoms with van der Waals surface area (Å²) in [4.78, 5) is 13.0. The van der Waals surface area contributed by atoms with Gasteiger partial charge in [-0.1, -0.05) is 80.4 Å². The summed E-state index contributed by atoms with van der Waals surface area (Å²) in [5.41, 5.74) is -0.0181. The Morgan fingerprint density at radius 3 is 1.68 bits per heavy atom. The lowest BCUT2D eigenvalue weighted by atomic mass is 9.72. The molecule has 0 heterocycles. The molecular formula is C30H66O4Si3. The van der Waals surface area contributed by atoms with Crippen LogP contribution in [0.3, 0.4) is 0 Å². The van der Waals surface area contributed by atoms with Crippen molar-refractivity contribution in [3.8, 4) is 0 Å². The predicted octanol–water partition coefficient (Wildman–Crippen LogP) is 9.61. The zero-order chi connectivity index (χ0) is 29.7. The summed E-state index contributed by atoms with van der Waals surface area (Å²) in [5, 5.41) is -0.384. The number of rotatable bonds is 15. The molecule has 0 bridgehead atoms. The van der Waals surface area contributed by atoms with Crippen LogP contribution in [0.2, 0.25) is 51.4 Å². The van der Waals surface area contributed by atoms with Gasteiger partial charge in [0.2, 0.25) is 8.32 Å². The van der Waals surface area contributed by atoms with Crippen molar-refractivity contribution in [1.82, 2.24) is 0 Å². The lowest BCUT2D eigenvalue weighted by Crippen LogP contribution is -2.65. The van der Waals surface area contributed by atoms with Crippen molar-refractivity contribution < 1.29 is 18.4 Å². The molecule has 0 aromatic rings. The van der Waals surface area contributed by atoms with Gasteiger partial charge in [-0.05, 0) is 83.6 Å². The van der Waals surface area contributed by atoms with E-state index in [1.54, 1.807) is 0 Å². The van der Waals surface area contributed by atoms with Gasteiger partial charge in [0.25, 0.3) is 0 Å². The Bertz CT molecular complexity index is 713. The van der Waals surface area contributed by atoms with Gasteiger partial charge in [0.1, 0.15) is 0 Å². The molecule has 0 aliphatic heterocycles. The Hall–Kier alpha value is 0.0406. The van der Waals surface area contributed by atoms with Crippen LogP contribution in [0.5, 0.6) is 0 Å². The maximum Gasteiger partial charge on any atom is 0.309 e. The molecule has 0 aliphatic carbocycles. The maximum absolute atomic E-state index is 13.0. The Morgan fingerprint density at radius 1 is 0.730 bits per heavy atom. The molecular weight excluding hydrogens is 509 g/mol. The van der Waals surface area contributed by atoms with E-state index in [1.807, 2.05) is 0 Å². The van der Waals surface area contributed by atoms with E-state index in [0.29, 0.717) is 6.61 Å². The molecule has 0 radical (unpaired) electrons. The number of hydrogen-bond donors (Lipinski definition) is 0. The normalized spacial score (nSPS) is 15.6. The van der Waals surface area contributed by atoms with Crippen molar-refractivity contribution in [3.05, 3.63) is 0 Å². The van der Waals surface area contributed by atoms with Crippen LogP contribution in [0.15, 0.2) is 0 Å². The Kier molecular flexibility index (Phi) is 13.2. The minimum atomic E-state index is -2.19. The summed E-state index contributed by atoms with van der Waals surface area (Å²) < 4.78 is 19.9. The number of carbonyl (C=O) groups is 1. The van der Waals surface area contributed by atoms with Gasteiger partial charge >= 0.3 is 5.97 Å². The zero-order valence-corrected chi connectivity index (χ0v) is 31.2. The van der Waals surface area contributed by atoms with Crippen LogP contribution in [0.25, 0.3) is 0 Å². The molecule has 0 amide bonds. The standard InChI is InChI=1S/C30H66O4Si3/c1-18-19-22-35(12,13)29(8,9)34-37(16,17)30(10,11)33-36(14,15)23-20-21-32-26(31)25(28(5,6)7)24-27(2,3)4/h25H,18-24H2,1-17H3. The third kappa shape index (κ3) is 12.4. The monoisotopic (exact) mass is 574 g/mol. The van der Waals surface area contributed by atoms with E-state index in [4.69, 9.17) is 13.6 Å². The highest BCUT2D eigenvalue weighted by Gasteiger charge is 2.51. The predicted molar refractivity (Wildman–Crippen MR) is 170 cm³/mol. The average Bonchev–Trinajstić information content (AvgIpc) is 2.64. The van der Waals surface area contributed by atoms with Gasteiger partial charge in [-0.2, -0.15) is 0 Å². The fourth-order valence-corrected chi connectivity index (χ4v) is 14.3. The smallest absolute Gasteiger partial charge is 0.309 e. The molecule has 7 heteroatoms. The van der Waals surface area contributed by atoms with E-state index < -0.39 is 24.7 Å². The van der Waals surface area contributed by atoms with Gasteiger partial charge in [0, 0.05) is 5.22 Å². The topological polar surface area (TPSA) is 44.8 Å². The molecule has 37 heavy (non-hydrogen) atoms. The van der Waals surface area contributed by atoms with Gasteiger partial charge < -0.3 is 13.6 Å². The number of esters is 1. The van der Waals surface area contributed by atoms with Crippen molar-refractivity contribution in [2.24, 2.45) is 16.7 Å². The van der Waals surface area contributed by atoms with Crippen LogP contribution in [0.1, 0.15) is 102 Å². The van der Waals surface area contributed by atoms with E-state index in [1.165, 1.54) is 18.9 Å². The summed E-state index contributed by atoms with van der Waals surface area (Å²) in [5.74, 6) is -0.146. The molecule has 0 saturated heterocycles. The molecule has 0 saturated carbocycles. The fourth-order valence-electron chi connectivity index (χ4n) is 4.81. The van der Waals surface area contributed by atoms with Crippen LogP contribution in [-0.2, 0) is 18.4 Å². The molecule has 222 valence electrons. The van der Waals surface area contributed by atoms with Gasteiger partial charge in [-0.25, -0.2) is 0 Å². The Balaban J connectivity index is 5.17. The van der Waals surface area contributed by atoms with Crippen molar-refractivity contribution >= 4 is 30.7 Å². The molecule has 4 nitrogen and oxygen atoms in total. The van der Waals surface area contributed by atoms with Crippen LogP contribution in [-0.4, -0.2) is 47.7 Å². The zero-order valence-electron chi connectivity index (χ0n) is 28.2. The SMILES string of the molecule is CCCC[Si](C)(C)C(C)(C)O[Si](C)(C)C(C)(C)O[Si](C)(C)CCCOC(=O)C(CC(C)(C)C)C(C)(C)C. The first-order valence-electron chi connectivity index (χ1n) is 14.8. The van der Waals surface area contributed by atoms with Crippen LogP contribution >= 0.6 is 0 Å². The third-order valence-electron chi connectivity index (χ3n) is 8.59. The van der Waals surface area contributed by atoms with Gasteiger partial charge in [-0.3, -0.25) is 4.79 Å². The number of carbonyl (C=O) groups excluding carboxylic acids is 1. The summed E-state index contributed by atoms with van der Waals surface area (Å²) in [6, 6.07) is 2.26. The molecule has 0 rings (SSSR count). The highest BCUT2D eigenvalue weighted by molar-refractivity contribution is 6.82. The van der Waals surface area contributed by atoms with Gasteiger partial charge in [-0.15, -0.1) is 0 Å². The van der Waals surface area contributed by atoms with E-state index >= 15 is 0 Å². The second kappa shape index (κ2) is 13.1. The van der Waals surface area contributed by atoms with E-state index in [2.05, 4.69) is 115 Å². The van der Waals surface area contributed by atoms with Crippen molar-refractivity contribution in [1.29, 1.82) is 0 Å². The van der Waals surface area contributed by atoms with E-state index in [-0.39, 0.29) is 33.2 Å². The molecule has 0 aromatic carbocycles. The molecule has 0 fully saturated rings. The number of hydrogen-bond acceptors (Lipinski definition) is 4. The van der Waals surface area contributed by atoms with Crippen molar-refractivity contribution in [2.75, 3.05) is 6.61 Å². The maximum atomic E-state index is 13.0. The lowest BCUT2D eigenvalue weighted by Gasteiger charge is -2.51. The first kappa shape index (κ1) is 37.0. The largest absolute Gasteiger partial charge is 0.465 e. The second-order valence-electron chi connectivity index (χ2n) is 16.4. The summed E-state index contributed by atoms with van der Waals surface area (Å²) in [6.07, 6.45) is 4.20.